The summed E-state index contributed by atoms with van der Waals surface area (Å²) in [5.74, 6) is -0.376. The molecule has 2 N–H and O–H groups in total. The van der Waals surface area contributed by atoms with Crippen molar-refractivity contribution in [2.24, 2.45) is 11.8 Å². The van der Waals surface area contributed by atoms with Gasteiger partial charge in [0, 0.05) is 12.5 Å². The monoisotopic (exact) mass is 199 g/mol. The van der Waals surface area contributed by atoms with Gasteiger partial charge >= 0.3 is 5.97 Å². The summed E-state index contributed by atoms with van der Waals surface area (Å²) in [5.41, 5.74) is 0. The Morgan fingerprint density at radius 1 is 1.64 bits per heavy atom. The Morgan fingerprint density at radius 2 is 2.29 bits per heavy atom. The average molecular weight is 199 g/mol. The van der Waals surface area contributed by atoms with Crippen molar-refractivity contribution in [3.8, 4) is 0 Å². The molecule has 0 spiro atoms. The number of carboxylic acid groups (broad SMARTS) is 1. The van der Waals surface area contributed by atoms with Crippen LogP contribution in [0.15, 0.2) is 0 Å². The number of carbonyl (C=O) groups is 2. The highest BCUT2D eigenvalue weighted by atomic mass is 16.4. The first-order chi connectivity index (χ1) is 6.49. The summed E-state index contributed by atoms with van der Waals surface area (Å²) >= 11 is 0. The van der Waals surface area contributed by atoms with Crippen LogP contribution in [0.25, 0.3) is 0 Å². The number of hydrogen-bond acceptors (Lipinski definition) is 2. The molecule has 1 amide bonds. The van der Waals surface area contributed by atoms with E-state index in [1.54, 1.807) is 0 Å². The van der Waals surface area contributed by atoms with Crippen molar-refractivity contribution < 1.29 is 14.7 Å². The third-order valence-corrected chi connectivity index (χ3v) is 2.53. The third kappa shape index (κ3) is 3.01. The van der Waals surface area contributed by atoms with Gasteiger partial charge in [-0.1, -0.05) is 13.8 Å². The highest BCUT2D eigenvalue weighted by molar-refractivity contribution is 5.80. The van der Waals surface area contributed by atoms with E-state index in [9.17, 15) is 9.59 Å². The molecule has 80 valence electrons. The molecule has 0 unspecified atom stereocenters. The maximum absolute atomic E-state index is 11.1. The Balaban J connectivity index is 2.53. The summed E-state index contributed by atoms with van der Waals surface area (Å²) < 4.78 is 0. The van der Waals surface area contributed by atoms with Crippen molar-refractivity contribution in [3.05, 3.63) is 0 Å². The van der Waals surface area contributed by atoms with Crippen molar-refractivity contribution in [1.29, 1.82) is 0 Å². The van der Waals surface area contributed by atoms with Crippen molar-refractivity contribution in [3.63, 3.8) is 0 Å². The van der Waals surface area contributed by atoms with Crippen molar-refractivity contribution >= 4 is 11.9 Å². The summed E-state index contributed by atoms with van der Waals surface area (Å²) in [4.78, 5) is 21.7. The van der Waals surface area contributed by atoms with E-state index in [4.69, 9.17) is 5.11 Å². The van der Waals surface area contributed by atoms with Gasteiger partial charge in [-0.25, -0.2) is 0 Å². The SMILES string of the molecule is CC(C)C[C@H]1NC(=O)C[C@@H]1CC(=O)O. The van der Waals surface area contributed by atoms with Gasteiger partial charge in [0.2, 0.25) is 5.91 Å². The fraction of sp³-hybridized carbons (Fsp3) is 0.800. The molecule has 0 aliphatic carbocycles. The van der Waals surface area contributed by atoms with Gasteiger partial charge in [0.05, 0.1) is 6.42 Å². The zero-order valence-corrected chi connectivity index (χ0v) is 8.62. The number of nitrogens with one attached hydrogen (secondary N) is 1. The van der Waals surface area contributed by atoms with Crippen LogP contribution in [0.4, 0.5) is 0 Å². The summed E-state index contributed by atoms with van der Waals surface area (Å²) in [5, 5.41) is 11.5. The molecular weight excluding hydrogens is 182 g/mol. The first-order valence-corrected chi connectivity index (χ1v) is 5.00. The fourth-order valence-electron chi connectivity index (χ4n) is 1.96. The van der Waals surface area contributed by atoms with Crippen LogP contribution in [0.3, 0.4) is 0 Å². The molecule has 4 nitrogen and oxygen atoms in total. The van der Waals surface area contributed by atoms with Crippen LogP contribution in [0, 0.1) is 11.8 Å². The molecule has 0 aromatic carbocycles. The normalized spacial score (nSPS) is 26.6. The number of carboxylic acids is 1. The van der Waals surface area contributed by atoms with Gasteiger partial charge in [-0.05, 0) is 18.3 Å². The second-order valence-corrected chi connectivity index (χ2v) is 4.37. The lowest BCUT2D eigenvalue weighted by atomic mass is 9.91. The second kappa shape index (κ2) is 4.44. The molecule has 0 radical (unpaired) electrons. The topological polar surface area (TPSA) is 66.4 Å². The summed E-state index contributed by atoms with van der Waals surface area (Å²) in [6, 6.07) is 0.0543. The first-order valence-electron chi connectivity index (χ1n) is 5.00. The molecule has 1 aliphatic heterocycles. The lowest BCUT2D eigenvalue weighted by Crippen LogP contribution is -2.31. The van der Waals surface area contributed by atoms with E-state index in [-0.39, 0.29) is 24.3 Å². The Kier molecular flexibility index (Phi) is 3.49. The van der Waals surface area contributed by atoms with Crippen LogP contribution in [0.5, 0.6) is 0 Å². The minimum atomic E-state index is -0.819. The van der Waals surface area contributed by atoms with Gasteiger partial charge in [-0.15, -0.1) is 0 Å². The highest BCUT2D eigenvalue weighted by Gasteiger charge is 2.33. The van der Waals surface area contributed by atoms with E-state index in [1.165, 1.54) is 0 Å². The lowest BCUT2D eigenvalue weighted by Gasteiger charge is -2.18. The van der Waals surface area contributed by atoms with Crippen molar-refractivity contribution in [1.82, 2.24) is 5.32 Å². The molecule has 4 heteroatoms. The number of carbonyl (C=O) groups excluding carboxylic acids is 1. The second-order valence-electron chi connectivity index (χ2n) is 4.37. The molecule has 1 aliphatic rings. The maximum atomic E-state index is 11.1. The van der Waals surface area contributed by atoms with Crippen LogP contribution < -0.4 is 5.32 Å². The summed E-state index contributed by atoms with van der Waals surface area (Å²) in [7, 11) is 0. The molecule has 0 bridgehead atoms. The van der Waals surface area contributed by atoms with Crippen LogP contribution in [-0.2, 0) is 9.59 Å². The Bertz CT molecular complexity index is 238. The minimum Gasteiger partial charge on any atom is -0.481 e. The minimum absolute atomic E-state index is 0.0121. The standard InChI is InChI=1S/C10H17NO3/c1-6(2)3-8-7(5-10(13)14)4-9(12)11-8/h6-8H,3-5H2,1-2H3,(H,11,12)(H,13,14)/t7-,8-/m1/s1. The van der Waals surface area contributed by atoms with Gasteiger partial charge in [-0.2, -0.15) is 0 Å². The van der Waals surface area contributed by atoms with E-state index in [0.29, 0.717) is 12.3 Å². The predicted molar refractivity (Wildman–Crippen MR) is 51.7 cm³/mol. The number of hydrogen-bond donors (Lipinski definition) is 2. The molecule has 1 fully saturated rings. The maximum Gasteiger partial charge on any atom is 0.303 e. The van der Waals surface area contributed by atoms with E-state index in [2.05, 4.69) is 19.2 Å². The van der Waals surface area contributed by atoms with Crippen LogP contribution in [0.1, 0.15) is 33.1 Å². The smallest absolute Gasteiger partial charge is 0.303 e. The molecule has 1 rings (SSSR count). The Hall–Kier alpha value is -1.06. The number of amides is 1. The quantitative estimate of drug-likeness (QED) is 0.710. The highest BCUT2D eigenvalue weighted by Crippen LogP contribution is 2.25. The van der Waals surface area contributed by atoms with Crippen LogP contribution >= 0.6 is 0 Å². The number of aliphatic carboxylic acids is 1. The van der Waals surface area contributed by atoms with Gasteiger partial charge in [-0.3, -0.25) is 9.59 Å². The Labute approximate surface area is 83.7 Å². The molecule has 1 heterocycles. The predicted octanol–water partition coefficient (Wildman–Crippen LogP) is 1.01. The Morgan fingerprint density at radius 3 is 2.79 bits per heavy atom. The first kappa shape index (κ1) is 11.0. The largest absolute Gasteiger partial charge is 0.481 e. The molecule has 14 heavy (non-hydrogen) atoms. The molecule has 2 atom stereocenters. The molecule has 1 saturated heterocycles. The van der Waals surface area contributed by atoms with E-state index in [0.717, 1.165) is 6.42 Å². The zero-order valence-electron chi connectivity index (χ0n) is 8.62. The van der Waals surface area contributed by atoms with Gasteiger partial charge in [0.25, 0.3) is 0 Å². The van der Waals surface area contributed by atoms with E-state index >= 15 is 0 Å². The van der Waals surface area contributed by atoms with E-state index < -0.39 is 5.97 Å². The summed E-state index contributed by atoms with van der Waals surface area (Å²) in [6.45, 7) is 4.14. The molecular formula is C10H17NO3. The third-order valence-electron chi connectivity index (χ3n) is 2.53. The number of rotatable bonds is 4. The van der Waals surface area contributed by atoms with Crippen LogP contribution in [-0.4, -0.2) is 23.0 Å². The van der Waals surface area contributed by atoms with Crippen LogP contribution in [0.2, 0.25) is 0 Å². The zero-order chi connectivity index (χ0) is 10.7. The van der Waals surface area contributed by atoms with Gasteiger partial charge in [0.1, 0.15) is 0 Å². The molecule has 0 aromatic heterocycles. The van der Waals surface area contributed by atoms with Crippen molar-refractivity contribution in [2.75, 3.05) is 0 Å². The van der Waals surface area contributed by atoms with Gasteiger partial charge in [0.15, 0.2) is 0 Å². The molecule has 0 saturated carbocycles. The van der Waals surface area contributed by atoms with Gasteiger partial charge < -0.3 is 10.4 Å². The van der Waals surface area contributed by atoms with E-state index in [1.807, 2.05) is 0 Å². The summed E-state index contributed by atoms with van der Waals surface area (Å²) in [6.07, 6.45) is 1.32. The molecule has 0 aromatic rings. The average Bonchev–Trinajstić information content (AvgIpc) is 2.28. The van der Waals surface area contributed by atoms with Crippen molar-refractivity contribution in [2.45, 2.75) is 39.2 Å². The fourth-order valence-corrected chi connectivity index (χ4v) is 1.96. The lowest BCUT2D eigenvalue weighted by molar-refractivity contribution is -0.138.